The zero-order valence-corrected chi connectivity index (χ0v) is 20.2. The molecule has 8 heteroatoms. The quantitative estimate of drug-likeness (QED) is 0.482. The summed E-state index contributed by atoms with van der Waals surface area (Å²) in [6.07, 6.45) is 12.5. The number of carbonyl (C=O) groups excluding carboxylic acids is 3. The Hall–Kier alpha value is -2.32. The summed E-state index contributed by atoms with van der Waals surface area (Å²) in [5.74, 6) is -1.79. The number of anilines is 1. The molecule has 1 aromatic carbocycles. The van der Waals surface area contributed by atoms with Crippen LogP contribution < -0.4 is 10.6 Å². The number of thioether (sulfide) groups is 1. The van der Waals surface area contributed by atoms with Gasteiger partial charge < -0.3 is 20.3 Å². The molecule has 5 aliphatic rings. The smallest absolute Gasteiger partial charge is 0.246 e. The summed E-state index contributed by atoms with van der Waals surface area (Å²) >= 11 is 1.60. The summed E-state index contributed by atoms with van der Waals surface area (Å²) in [7, 11) is 0. The van der Waals surface area contributed by atoms with Gasteiger partial charge in [-0.2, -0.15) is 0 Å². The number of hydrogen-bond acceptors (Lipinski definition) is 5. The molecule has 0 aromatic heterocycles. The van der Waals surface area contributed by atoms with Crippen LogP contribution in [0.2, 0.25) is 0 Å². The van der Waals surface area contributed by atoms with Crippen molar-refractivity contribution in [2.75, 3.05) is 11.6 Å². The minimum Gasteiger partial charge on any atom is -0.359 e. The maximum Gasteiger partial charge on any atom is 0.246 e. The number of fused-ring (bicyclic) bond motifs is 1. The van der Waals surface area contributed by atoms with Crippen molar-refractivity contribution in [2.24, 2.45) is 11.8 Å². The van der Waals surface area contributed by atoms with E-state index >= 15 is 0 Å². The summed E-state index contributed by atoms with van der Waals surface area (Å²) in [6.45, 7) is 0. The van der Waals surface area contributed by atoms with Crippen LogP contribution >= 0.6 is 11.8 Å². The first-order chi connectivity index (χ1) is 16.5. The number of hydrogen-bond donors (Lipinski definition) is 2. The van der Waals surface area contributed by atoms with Crippen molar-refractivity contribution < 1.29 is 19.1 Å². The van der Waals surface area contributed by atoms with E-state index in [0.29, 0.717) is 5.69 Å². The maximum atomic E-state index is 13.8. The van der Waals surface area contributed by atoms with Crippen LogP contribution in [-0.4, -0.2) is 58.7 Å². The molecule has 2 N–H and O–H groups in total. The van der Waals surface area contributed by atoms with E-state index in [1.165, 1.54) is 6.42 Å². The van der Waals surface area contributed by atoms with Gasteiger partial charge in [-0.3, -0.25) is 14.4 Å². The highest BCUT2D eigenvalue weighted by atomic mass is 32.2. The fraction of sp³-hybridized carbons (Fsp3) is 0.577. The molecule has 1 aromatic rings. The normalized spacial score (nSPS) is 34.4. The molecular formula is C26H31N3O4S. The highest BCUT2D eigenvalue weighted by molar-refractivity contribution is 7.98. The summed E-state index contributed by atoms with van der Waals surface area (Å²) in [6, 6.07) is 7.17. The number of likely N-dealkylation sites (tertiary alicyclic amines) is 1. The number of nitrogens with one attached hydrogen (secondary N) is 2. The molecule has 7 nitrogen and oxygen atoms in total. The van der Waals surface area contributed by atoms with E-state index < -0.39 is 29.6 Å². The van der Waals surface area contributed by atoms with Crippen LogP contribution in [0, 0.1) is 11.8 Å². The van der Waals surface area contributed by atoms with E-state index in [1.807, 2.05) is 42.7 Å². The number of carbonyl (C=O) groups is 3. The third-order valence-electron chi connectivity index (χ3n) is 8.09. The molecular weight excluding hydrogens is 450 g/mol. The fourth-order valence-corrected chi connectivity index (χ4v) is 6.87. The lowest BCUT2D eigenvalue weighted by atomic mass is 9.74. The second-order valence-corrected chi connectivity index (χ2v) is 11.1. The second kappa shape index (κ2) is 8.41. The van der Waals surface area contributed by atoms with Gasteiger partial charge in [-0.1, -0.05) is 37.5 Å². The van der Waals surface area contributed by atoms with Crippen molar-refractivity contribution in [3.05, 3.63) is 36.4 Å². The third kappa shape index (κ3) is 3.49. The first-order valence-electron chi connectivity index (χ1n) is 12.5. The summed E-state index contributed by atoms with van der Waals surface area (Å²) in [5, 5.41) is 6.24. The summed E-state index contributed by atoms with van der Waals surface area (Å²) in [4.78, 5) is 43.7. The van der Waals surface area contributed by atoms with E-state index in [2.05, 4.69) is 10.6 Å². The molecule has 2 saturated carbocycles. The van der Waals surface area contributed by atoms with Gasteiger partial charge in [0.15, 0.2) is 0 Å². The van der Waals surface area contributed by atoms with Gasteiger partial charge in [0.2, 0.25) is 17.7 Å². The molecule has 5 atom stereocenters. The van der Waals surface area contributed by atoms with Crippen LogP contribution in [0.5, 0.6) is 0 Å². The van der Waals surface area contributed by atoms with Gasteiger partial charge in [0.25, 0.3) is 0 Å². The molecule has 3 heterocycles. The minimum atomic E-state index is -1.06. The van der Waals surface area contributed by atoms with Gasteiger partial charge in [0, 0.05) is 22.7 Å². The molecule has 0 radical (unpaired) electrons. The standard InChI is InChI=1S/C26H31N3O4S/c1-34-18-9-5-8-16(14-18)28-23(30)20-19-12-13-26(33-19)21(20)25(32)29(17-10-11-17)22(26)24(31)27-15-6-3-2-4-7-15/h5,8-9,12-15,17,19-22H,2-4,6-7,10-11H2,1H3,(H,27,31)(H,28,30)/t19-,20+,21-,22-,26-/m1/s1. The van der Waals surface area contributed by atoms with Crippen LogP contribution in [0.4, 0.5) is 5.69 Å². The van der Waals surface area contributed by atoms with Gasteiger partial charge in [-0.25, -0.2) is 0 Å². The molecule has 3 aliphatic heterocycles. The lowest BCUT2D eigenvalue weighted by molar-refractivity contribution is -0.142. The Morgan fingerprint density at radius 2 is 1.91 bits per heavy atom. The Balaban J connectivity index is 1.28. The van der Waals surface area contributed by atoms with E-state index in [1.54, 1.807) is 16.7 Å². The summed E-state index contributed by atoms with van der Waals surface area (Å²) in [5.41, 5.74) is -0.361. The first kappa shape index (κ1) is 22.2. The van der Waals surface area contributed by atoms with Crippen LogP contribution in [0.15, 0.2) is 41.3 Å². The zero-order chi connectivity index (χ0) is 23.4. The van der Waals surface area contributed by atoms with Gasteiger partial charge in [0.05, 0.1) is 17.9 Å². The van der Waals surface area contributed by atoms with E-state index in [9.17, 15) is 14.4 Å². The lowest BCUT2D eigenvalue weighted by Gasteiger charge is -2.34. The predicted octanol–water partition coefficient (Wildman–Crippen LogP) is 3.11. The number of benzene rings is 1. The van der Waals surface area contributed by atoms with Crippen molar-refractivity contribution in [3.63, 3.8) is 0 Å². The van der Waals surface area contributed by atoms with Crippen LogP contribution in [0.3, 0.4) is 0 Å². The first-order valence-corrected chi connectivity index (χ1v) is 13.7. The largest absolute Gasteiger partial charge is 0.359 e. The maximum absolute atomic E-state index is 13.8. The number of rotatable bonds is 6. The Kier molecular flexibility index (Phi) is 5.48. The van der Waals surface area contributed by atoms with Gasteiger partial charge in [0.1, 0.15) is 11.6 Å². The number of ether oxygens (including phenoxy) is 1. The average Bonchev–Trinajstić information content (AvgIpc) is 3.44. The molecule has 3 amide bonds. The predicted molar refractivity (Wildman–Crippen MR) is 129 cm³/mol. The molecule has 1 spiro atoms. The molecule has 180 valence electrons. The van der Waals surface area contributed by atoms with Crippen LogP contribution in [0.1, 0.15) is 44.9 Å². The second-order valence-electron chi connectivity index (χ2n) is 10.2. The minimum absolute atomic E-state index is 0.0626. The van der Waals surface area contributed by atoms with Crippen molar-refractivity contribution in [3.8, 4) is 0 Å². The molecule has 2 saturated heterocycles. The third-order valence-corrected chi connectivity index (χ3v) is 8.82. The zero-order valence-electron chi connectivity index (χ0n) is 19.4. The highest BCUT2D eigenvalue weighted by Gasteiger charge is 2.74. The van der Waals surface area contributed by atoms with Gasteiger partial charge in [-0.15, -0.1) is 11.8 Å². The monoisotopic (exact) mass is 481 g/mol. The Bertz CT molecular complexity index is 1050. The van der Waals surface area contributed by atoms with Crippen LogP contribution in [-0.2, 0) is 19.1 Å². The van der Waals surface area contributed by atoms with E-state index in [0.717, 1.165) is 43.4 Å². The SMILES string of the molecule is CSc1cccc(NC(=O)[C@H]2[C@H]3C=C[C@@]4(O3)[C@H]2C(=O)N(C2CC2)[C@@H]4C(=O)NC2CCCCC2)c1. The van der Waals surface area contributed by atoms with Gasteiger partial charge in [-0.05, 0) is 50.1 Å². The summed E-state index contributed by atoms with van der Waals surface area (Å²) < 4.78 is 6.40. The Morgan fingerprint density at radius 3 is 2.65 bits per heavy atom. The topological polar surface area (TPSA) is 87.7 Å². The highest BCUT2D eigenvalue weighted by Crippen LogP contribution is 2.57. The molecule has 0 unspecified atom stereocenters. The number of amides is 3. The molecule has 2 aliphatic carbocycles. The van der Waals surface area contributed by atoms with Gasteiger partial charge >= 0.3 is 0 Å². The van der Waals surface area contributed by atoms with E-state index in [4.69, 9.17) is 4.74 Å². The molecule has 34 heavy (non-hydrogen) atoms. The number of nitrogens with zero attached hydrogens (tertiary/aromatic N) is 1. The van der Waals surface area contributed by atoms with Crippen LogP contribution in [0.25, 0.3) is 0 Å². The molecule has 4 fully saturated rings. The van der Waals surface area contributed by atoms with Crippen molar-refractivity contribution in [1.29, 1.82) is 0 Å². The fourth-order valence-electron chi connectivity index (χ4n) is 6.41. The average molecular weight is 482 g/mol. The Morgan fingerprint density at radius 1 is 1.12 bits per heavy atom. The molecule has 6 rings (SSSR count). The van der Waals surface area contributed by atoms with Crippen molar-refractivity contribution in [1.82, 2.24) is 10.2 Å². The molecule has 2 bridgehead atoms. The lowest BCUT2D eigenvalue weighted by Crippen LogP contribution is -2.57. The van der Waals surface area contributed by atoms with E-state index in [-0.39, 0.29) is 29.8 Å². The Labute approximate surface area is 204 Å². The van der Waals surface area contributed by atoms with Crippen molar-refractivity contribution in [2.45, 2.75) is 79.7 Å². The van der Waals surface area contributed by atoms with Crippen molar-refractivity contribution >= 4 is 35.2 Å².